The molecular formula is C18H19NO. The Kier molecular flexibility index (Phi) is 3.55. The molecule has 0 fully saturated rings. The van der Waals surface area contributed by atoms with Crippen molar-refractivity contribution < 1.29 is 4.79 Å². The summed E-state index contributed by atoms with van der Waals surface area (Å²) in [5, 5.41) is 3.01. The topological polar surface area (TPSA) is 29.1 Å². The zero-order valence-electron chi connectivity index (χ0n) is 11.8. The maximum absolute atomic E-state index is 12.2. The van der Waals surface area contributed by atoms with Crippen LogP contribution in [-0.2, 0) is 19.4 Å². The summed E-state index contributed by atoms with van der Waals surface area (Å²) in [4.78, 5) is 12.2. The van der Waals surface area contributed by atoms with Gasteiger partial charge >= 0.3 is 0 Å². The summed E-state index contributed by atoms with van der Waals surface area (Å²) in [6, 6.07) is 14.2. The van der Waals surface area contributed by atoms with E-state index in [0.29, 0.717) is 6.54 Å². The summed E-state index contributed by atoms with van der Waals surface area (Å²) < 4.78 is 0. The highest BCUT2D eigenvalue weighted by Crippen LogP contribution is 2.22. The Labute approximate surface area is 119 Å². The Balaban J connectivity index is 1.69. The number of carbonyl (C=O) groups is 1. The molecule has 0 aromatic heterocycles. The molecule has 0 spiro atoms. The molecular weight excluding hydrogens is 246 g/mol. The molecule has 2 aromatic carbocycles. The van der Waals surface area contributed by atoms with Gasteiger partial charge in [-0.1, -0.05) is 30.3 Å². The van der Waals surface area contributed by atoms with Crippen LogP contribution >= 0.6 is 0 Å². The van der Waals surface area contributed by atoms with Crippen molar-refractivity contribution in [2.45, 2.75) is 32.7 Å². The average molecular weight is 265 g/mol. The van der Waals surface area contributed by atoms with Crippen LogP contribution in [0, 0.1) is 6.92 Å². The van der Waals surface area contributed by atoms with Crippen molar-refractivity contribution in [2.75, 3.05) is 0 Å². The van der Waals surface area contributed by atoms with E-state index in [4.69, 9.17) is 0 Å². The molecule has 0 bridgehead atoms. The summed E-state index contributed by atoms with van der Waals surface area (Å²) in [7, 11) is 0. The first-order chi connectivity index (χ1) is 9.74. The third kappa shape index (κ3) is 2.60. The highest BCUT2D eigenvalue weighted by Gasteiger charge is 2.13. The first-order valence-electron chi connectivity index (χ1n) is 7.18. The minimum atomic E-state index is 0.0166. The zero-order chi connectivity index (χ0) is 13.9. The molecule has 0 heterocycles. The molecule has 0 unspecified atom stereocenters. The number of hydrogen-bond donors (Lipinski definition) is 1. The van der Waals surface area contributed by atoms with Gasteiger partial charge in [-0.05, 0) is 60.6 Å². The first-order valence-corrected chi connectivity index (χ1v) is 7.18. The molecule has 1 N–H and O–H groups in total. The molecule has 2 nitrogen and oxygen atoms in total. The van der Waals surface area contributed by atoms with Crippen LogP contribution in [0.3, 0.4) is 0 Å². The summed E-state index contributed by atoms with van der Waals surface area (Å²) >= 11 is 0. The molecule has 1 aliphatic carbocycles. The van der Waals surface area contributed by atoms with Gasteiger partial charge in [-0.3, -0.25) is 4.79 Å². The van der Waals surface area contributed by atoms with Crippen LogP contribution in [0.2, 0.25) is 0 Å². The molecule has 3 rings (SSSR count). The molecule has 0 aliphatic heterocycles. The maximum Gasteiger partial charge on any atom is 0.251 e. The van der Waals surface area contributed by atoms with Crippen molar-refractivity contribution in [3.8, 4) is 0 Å². The van der Waals surface area contributed by atoms with Crippen LogP contribution in [0.1, 0.15) is 39.0 Å². The molecule has 0 radical (unpaired) electrons. The smallest absolute Gasteiger partial charge is 0.251 e. The van der Waals surface area contributed by atoms with Crippen LogP contribution in [0.25, 0.3) is 0 Å². The molecule has 20 heavy (non-hydrogen) atoms. The Bertz CT molecular complexity index is 646. The quantitative estimate of drug-likeness (QED) is 0.905. The van der Waals surface area contributed by atoms with E-state index in [1.54, 1.807) is 0 Å². The van der Waals surface area contributed by atoms with E-state index in [1.807, 2.05) is 18.2 Å². The van der Waals surface area contributed by atoms with Crippen molar-refractivity contribution in [1.82, 2.24) is 5.32 Å². The minimum absolute atomic E-state index is 0.0166. The number of benzene rings is 2. The molecule has 2 aromatic rings. The van der Waals surface area contributed by atoms with Crippen molar-refractivity contribution in [2.24, 2.45) is 0 Å². The normalized spacial score (nSPS) is 13.1. The molecule has 0 saturated carbocycles. The van der Waals surface area contributed by atoms with Crippen molar-refractivity contribution in [3.05, 3.63) is 70.3 Å². The molecule has 0 saturated heterocycles. The van der Waals surface area contributed by atoms with Gasteiger partial charge in [-0.15, -0.1) is 0 Å². The van der Waals surface area contributed by atoms with Gasteiger partial charge in [0.15, 0.2) is 0 Å². The van der Waals surface area contributed by atoms with E-state index in [0.717, 1.165) is 18.4 Å². The lowest BCUT2D eigenvalue weighted by molar-refractivity contribution is 0.0951. The largest absolute Gasteiger partial charge is 0.348 e. The summed E-state index contributed by atoms with van der Waals surface area (Å²) in [6.45, 7) is 2.65. The number of fused-ring (bicyclic) bond motifs is 1. The second kappa shape index (κ2) is 5.49. The molecule has 102 valence electrons. The van der Waals surface area contributed by atoms with Crippen molar-refractivity contribution >= 4 is 5.91 Å². The van der Waals surface area contributed by atoms with Crippen LogP contribution in [0.4, 0.5) is 0 Å². The summed E-state index contributed by atoms with van der Waals surface area (Å²) in [6.07, 6.45) is 3.47. The third-order valence-corrected chi connectivity index (χ3v) is 4.06. The van der Waals surface area contributed by atoms with Gasteiger partial charge < -0.3 is 5.32 Å². The number of hydrogen-bond acceptors (Lipinski definition) is 1. The Morgan fingerprint density at radius 1 is 1.10 bits per heavy atom. The average Bonchev–Trinajstić information content (AvgIpc) is 2.93. The van der Waals surface area contributed by atoms with Gasteiger partial charge in [-0.2, -0.15) is 0 Å². The van der Waals surface area contributed by atoms with Crippen LogP contribution in [0.15, 0.2) is 42.5 Å². The van der Waals surface area contributed by atoms with Crippen molar-refractivity contribution in [3.63, 3.8) is 0 Å². The minimum Gasteiger partial charge on any atom is -0.348 e. The number of rotatable bonds is 3. The zero-order valence-corrected chi connectivity index (χ0v) is 11.8. The highest BCUT2D eigenvalue weighted by molar-refractivity contribution is 5.94. The van der Waals surface area contributed by atoms with E-state index < -0.39 is 0 Å². The predicted molar refractivity (Wildman–Crippen MR) is 80.8 cm³/mol. The van der Waals surface area contributed by atoms with E-state index >= 15 is 0 Å². The second-order valence-corrected chi connectivity index (χ2v) is 5.45. The second-order valence-electron chi connectivity index (χ2n) is 5.45. The lowest BCUT2D eigenvalue weighted by Crippen LogP contribution is -2.23. The van der Waals surface area contributed by atoms with Crippen LogP contribution in [0.5, 0.6) is 0 Å². The summed E-state index contributed by atoms with van der Waals surface area (Å²) in [5.74, 6) is 0.0166. The van der Waals surface area contributed by atoms with E-state index in [-0.39, 0.29) is 5.91 Å². The standard InChI is InChI=1S/C18H19NO/c1-13-5-2-3-6-17(13)12-19-18(20)16-10-9-14-7-4-8-15(14)11-16/h2-3,5-6,9-11H,4,7-8,12H2,1H3,(H,19,20). The van der Waals surface area contributed by atoms with E-state index in [2.05, 4.69) is 36.5 Å². The molecule has 0 atom stereocenters. The van der Waals surface area contributed by atoms with Crippen LogP contribution < -0.4 is 5.32 Å². The van der Waals surface area contributed by atoms with Crippen molar-refractivity contribution in [1.29, 1.82) is 0 Å². The molecule has 1 amide bonds. The van der Waals surface area contributed by atoms with E-state index in [1.165, 1.54) is 28.7 Å². The summed E-state index contributed by atoms with van der Waals surface area (Å²) in [5.41, 5.74) is 5.90. The fraction of sp³-hybridized carbons (Fsp3) is 0.278. The van der Waals surface area contributed by atoms with Gasteiger partial charge in [0, 0.05) is 12.1 Å². The first kappa shape index (κ1) is 12.9. The Morgan fingerprint density at radius 3 is 2.75 bits per heavy atom. The van der Waals surface area contributed by atoms with Gasteiger partial charge in [0.1, 0.15) is 0 Å². The lowest BCUT2D eigenvalue weighted by Gasteiger charge is -2.09. The monoisotopic (exact) mass is 265 g/mol. The van der Waals surface area contributed by atoms with Crippen LogP contribution in [-0.4, -0.2) is 5.91 Å². The van der Waals surface area contributed by atoms with Gasteiger partial charge in [0.25, 0.3) is 5.91 Å². The molecule has 2 heteroatoms. The number of nitrogens with one attached hydrogen (secondary N) is 1. The maximum atomic E-state index is 12.2. The Hall–Kier alpha value is -2.09. The number of carbonyl (C=O) groups excluding carboxylic acids is 1. The fourth-order valence-corrected chi connectivity index (χ4v) is 2.80. The Morgan fingerprint density at radius 2 is 1.90 bits per heavy atom. The SMILES string of the molecule is Cc1ccccc1CNC(=O)c1ccc2c(c1)CCC2. The number of aryl methyl sites for hydroxylation is 3. The fourth-order valence-electron chi connectivity index (χ4n) is 2.80. The highest BCUT2D eigenvalue weighted by atomic mass is 16.1. The third-order valence-electron chi connectivity index (χ3n) is 4.06. The number of amides is 1. The lowest BCUT2D eigenvalue weighted by atomic mass is 10.1. The van der Waals surface area contributed by atoms with Gasteiger partial charge in [-0.25, -0.2) is 0 Å². The molecule has 1 aliphatic rings. The predicted octanol–water partition coefficient (Wildman–Crippen LogP) is 3.41. The van der Waals surface area contributed by atoms with E-state index in [9.17, 15) is 4.79 Å². The van der Waals surface area contributed by atoms with Gasteiger partial charge in [0.05, 0.1) is 0 Å². The van der Waals surface area contributed by atoms with Gasteiger partial charge in [0.2, 0.25) is 0 Å².